The fourth-order valence-corrected chi connectivity index (χ4v) is 3.36. The molecule has 3 heterocycles. The van der Waals surface area contributed by atoms with Crippen LogP contribution in [-0.4, -0.2) is 62.6 Å². The maximum absolute atomic E-state index is 13.1. The number of rotatable bonds is 6. The van der Waals surface area contributed by atoms with Gasteiger partial charge in [-0.2, -0.15) is 10.2 Å². The van der Waals surface area contributed by atoms with Crippen LogP contribution in [0.4, 0.5) is 10.1 Å². The molecular formula is C20H20ClFN6O4. The molecule has 168 valence electrons. The number of nitrogens with one attached hydrogen (secondary N) is 1. The normalized spacial score (nSPS) is 13.8. The zero-order valence-corrected chi connectivity index (χ0v) is 17.9. The molecule has 1 N–H and O–H groups in total. The van der Waals surface area contributed by atoms with Gasteiger partial charge in [0.25, 0.3) is 11.8 Å². The Kier molecular flexibility index (Phi) is 6.37. The Morgan fingerprint density at radius 3 is 2.81 bits per heavy atom. The zero-order chi connectivity index (χ0) is 22.7. The number of hydrogen-bond donors (Lipinski definition) is 1. The number of halogens is 2. The van der Waals surface area contributed by atoms with Crippen LogP contribution in [0.25, 0.3) is 0 Å². The minimum absolute atomic E-state index is 0.00509. The number of anilines is 1. The van der Waals surface area contributed by atoms with E-state index in [1.54, 1.807) is 18.1 Å². The van der Waals surface area contributed by atoms with Gasteiger partial charge in [0.2, 0.25) is 0 Å². The molecule has 0 unspecified atom stereocenters. The maximum Gasteiger partial charge on any atom is 0.274 e. The molecule has 32 heavy (non-hydrogen) atoms. The van der Waals surface area contributed by atoms with E-state index in [1.165, 1.54) is 33.8 Å². The summed E-state index contributed by atoms with van der Waals surface area (Å²) in [5.41, 5.74) is 0.842. The lowest BCUT2D eigenvalue weighted by Crippen LogP contribution is -2.40. The van der Waals surface area contributed by atoms with Crippen LogP contribution < -0.4 is 10.1 Å². The highest BCUT2D eigenvalue weighted by molar-refractivity contribution is 6.32. The molecule has 0 bridgehead atoms. The van der Waals surface area contributed by atoms with E-state index >= 15 is 0 Å². The second kappa shape index (κ2) is 9.37. The van der Waals surface area contributed by atoms with Crippen LogP contribution in [0, 0.1) is 5.82 Å². The first-order valence-corrected chi connectivity index (χ1v) is 10.1. The quantitative estimate of drug-likeness (QED) is 0.602. The molecule has 0 spiro atoms. The predicted molar refractivity (Wildman–Crippen MR) is 112 cm³/mol. The summed E-state index contributed by atoms with van der Waals surface area (Å²) in [5.74, 6) is -0.839. The molecule has 1 aromatic carbocycles. The smallest absolute Gasteiger partial charge is 0.274 e. The molecule has 10 nitrogen and oxygen atoms in total. The highest BCUT2D eigenvalue weighted by atomic mass is 35.5. The van der Waals surface area contributed by atoms with E-state index in [1.807, 2.05) is 0 Å². The summed E-state index contributed by atoms with van der Waals surface area (Å²) in [6.45, 7) is 1.94. The average Bonchev–Trinajstić information content (AvgIpc) is 3.39. The van der Waals surface area contributed by atoms with Gasteiger partial charge in [0, 0.05) is 26.2 Å². The van der Waals surface area contributed by atoms with Gasteiger partial charge < -0.3 is 19.7 Å². The van der Waals surface area contributed by atoms with Gasteiger partial charge in [-0.05, 0) is 18.2 Å². The van der Waals surface area contributed by atoms with Gasteiger partial charge in [-0.3, -0.25) is 14.3 Å². The van der Waals surface area contributed by atoms with Gasteiger partial charge in [-0.15, -0.1) is 0 Å². The second-order valence-corrected chi connectivity index (χ2v) is 7.42. The number of morpholine rings is 1. The molecule has 1 aliphatic rings. The van der Waals surface area contributed by atoms with Crippen LogP contribution in [0.2, 0.25) is 5.02 Å². The maximum atomic E-state index is 13.1. The van der Waals surface area contributed by atoms with E-state index in [-0.39, 0.29) is 29.0 Å². The summed E-state index contributed by atoms with van der Waals surface area (Å²) in [7, 11) is 1.59. The van der Waals surface area contributed by atoms with Crippen molar-refractivity contribution in [1.29, 1.82) is 0 Å². The van der Waals surface area contributed by atoms with Crippen LogP contribution in [0.3, 0.4) is 0 Å². The van der Waals surface area contributed by atoms with Gasteiger partial charge in [0.05, 0.1) is 36.3 Å². The van der Waals surface area contributed by atoms with Gasteiger partial charge in [-0.1, -0.05) is 11.6 Å². The van der Waals surface area contributed by atoms with Crippen LogP contribution >= 0.6 is 11.6 Å². The van der Waals surface area contributed by atoms with Crippen LogP contribution in [0.15, 0.2) is 36.7 Å². The van der Waals surface area contributed by atoms with Gasteiger partial charge >= 0.3 is 0 Å². The summed E-state index contributed by atoms with van der Waals surface area (Å²) in [5, 5.41) is 11.1. The van der Waals surface area contributed by atoms with Crippen molar-refractivity contribution in [3.05, 3.63) is 58.9 Å². The van der Waals surface area contributed by atoms with Crippen LogP contribution in [0.1, 0.15) is 21.0 Å². The Labute approximate surface area is 187 Å². The van der Waals surface area contributed by atoms with Crippen LogP contribution in [-0.2, 0) is 18.5 Å². The summed E-state index contributed by atoms with van der Waals surface area (Å²) < 4.78 is 26.7. The predicted octanol–water partition coefficient (Wildman–Crippen LogP) is 2.17. The topological polar surface area (TPSA) is 104 Å². The lowest BCUT2D eigenvalue weighted by Gasteiger charge is -2.25. The van der Waals surface area contributed by atoms with Crippen molar-refractivity contribution in [3.8, 4) is 5.75 Å². The Morgan fingerprint density at radius 2 is 2.06 bits per heavy atom. The molecule has 1 aliphatic heterocycles. The molecule has 0 saturated carbocycles. The Bertz CT molecular complexity index is 1140. The van der Waals surface area contributed by atoms with Crippen molar-refractivity contribution in [3.63, 3.8) is 0 Å². The first-order valence-electron chi connectivity index (χ1n) is 9.73. The number of carbonyl (C=O) groups is 2. The molecule has 0 atom stereocenters. The molecule has 0 aliphatic carbocycles. The van der Waals surface area contributed by atoms with Crippen molar-refractivity contribution in [2.24, 2.45) is 7.05 Å². The second-order valence-electron chi connectivity index (χ2n) is 7.01. The largest absolute Gasteiger partial charge is 0.470 e. The summed E-state index contributed by atoms with van der Waals surface area (Å²) in [6.07, 6.45) is 3.01. The van der Waals surface area contributed by atoms with E-state index in [4.69, 9.17) is 21.1 Å². The number of aromatic nitrogens is 4. The number of hydrogen-bond acceptors (Lipinski definition) is 6. The summed E-state index contributed by atoms with van der Waals surface area (Å²) in [6, 6.07) is 5.26. The van der Waals surface area contributed by atoms with E-state index in [0.29, 0.717) is 37.7 Å². The lowest BCUT2D eigenvalue weighted by molar-refractivity contribution is 0.0298. The number of carbonyl (C=O) groups excluding carboxylic acids is 2. The zero-order valence-electron chi connectivity index (χ0n) is 17.1. The van der Waals surface area contributed by atoms with E-state index in [2.05, 4.69) is 15.5 Å². The first-order chi connectivity index (χ1) is 15.4. The monoisotopic (exact) mass is 462 g/mol. The number of ether oxygens (including phenoxy) is 2. The third-order valence-electron chi connectivity index (χ3n) is 4.77. The third kappa shape index (κ3) is 4.89. The van der Waals surface area contributed by atoms with Gasteiger partial charge in [0.1, 0.15) is 17.3 Å². The minimum Gasteiger partial charge on any atom is -0.470 e. The molecule has 3 aromatic rings. The highest BCUT2D eigenvalue weighted by Crippen LogP contribution is 2.25. The Hall–Kier alpha value is -3.44. The van der Waals surface area contributed by atoms with Gasteiger partial charge in [-0.25, -0.2) is 9.07 Å². The Morgan fingerprint density at radius 1 is 1.28 bits per heavy atom. The molecule has 2 aromatic heterocycles. The summed E-state index contributed by atoms with van der Waals surface area (Å²) >= 11 is 5.93. The van der Waals surface area contributed by atoms with Crippen molar-refractivity contribution in [1.82, 2.24) is 24.5 Å². The number of aryl methyl sites for hydroxylation is 1. The fraction of sp³-hybridized carbons (Fsp3) is 0.300. The van der Waals surface area contributed by atoms with E-state index in [9.17, 15) is 14.0 Å². The van der Waals surface area contributed by atoms with Gasteiger partial charge in [0.15, 0.2) is 12.4 Å². The minimum atomic E-state index is -0.462. The standard InChI is InChI=1S/C20H20ClFN6O4/c1-26-17(9-16(25-26)20(30)27-4-6-31-7-5-27)19(29)24-14-10-23-28(11-14)12-32-18-3-2-13(22)8-15(18)21/h2-3,8-11H,4-7,12H2,1H3,(H,24,29). The molecule has 1 fully saturated rings. The molecule has 1 saturated heterocycles. The lowest BCUT2D eigenvalue weighted by atomic mass is 10.3. The van der Waals surface area contributed by atoms with Crippen molar-refractivity contribution < 1.29 is 23.5 Å². The average molecular weight is 463 g/mol. The van der Waals surface area contributed by atoms with E-state index < -0.39 is 11.7 Å². The van der Waals surface area contributed by atoms with Crippen LogP contribution in [0.5, 0.6) is 5.75 Å². The SMILES string of the molecule is Cn1nc(C(=O)N2CCOCC2)cc1C(=O)Nc1cnn(COc2ccc(F)cc2Cl)c1. The Balaban J connectivity index is 1.37. The highest BCUT2D eigenvalue weighted by Gasteiger charge is 2.23. The first kappa shape index (κ1) is 21.8. The molecule has 0 radical (unpaired) electrons. The molecular weight excluding hydrogens is 443 g/mol. The summed E-state index contributed by atoms with van der Waals surface area (Å²) in [4.78, 5) is 26.9. The third-order valence-corrected chi connectivity index (χ3v) is 5.06. The van der Waals surface area contributed by atoms with E-state index in [0.717, 1.165) is 6.07 Å². The molecule has 4 rings (SSSR count). The number of benzene rings is 1. The molecule has 12 heteroatoms. The molecule has 2 amide bonds. The fourth-order valence-electron chi connectivity index (χ4n) is 3.13. The van der Waals surface area contributed by atoms with Crippen molar-refractivity contribution in [2.75, 3.05) is 31.6 Å². The van der Waals surface area contributed by atoms with Crippen molar-refractivity contribution in [2.45, 2.75) is 6.73 Å². The number of nitrogens with zero attached hydrogens (tertiary/aromatic N) is 5. The number of amides is 2. The van der Waals surface area contributed by atoms with Crippen molar-refractivity contribution >= 4 is 29.1 Å².